The molecule has 0 radical (unpaired) electrons. The van der Waals surface area contributed by atoms with E-state index >= 15 is 0 Å². The molecule has 0 bridgehead atoms. The van der Waals surface area contributed by atoms with Gasteiger partial charge >= 0.3 is 0 Å². The first kappa shape index (κ1) is 12.4. The van der Waals surface area contributed by atoms with E-state index in [1.54, 1.807) is 12.1 Å². The SMILES string of the molecule is CC(C)CNC(=O)C(=O)c1ccc(Br)s1. The van der Waals surface area contributed by atoms with E-state index in [0.29, 0.717) is 17.3 Å². The molecule has 3 nitrogen and oxygen atoms in total. The second-order valence-corrected chi connectivity index (χ2v) is 6.00. The van der Waals surface area contributed by atoms with E-state index in [4.69, 9.17) is 0 Å². The fourth-order valence-electron chi connectivity index (χ4n) is 0.925. The molecule has 0 saturated heterocycles. The number of halogens is 1. The van der Waals surface area contributed by atoms with Crippen molar-refractivity contribution in [1.82, 2.24) is 5.32 Å². The molecule has 5 heteroatoms. The molecule has 0 atom stereocenters. The molecule has 0 aliphatic rings. The molecule has 15 heavy (non-hydrogen) atoms. The van der Waals surface area contributed by atoms with E-state index in [-0.39, 0.29) is 0 Å². The van der Waals surface area contributed by atoms with Crippen molar-refractivity contribution in [2.45, 2.75) is 13.8 Å². The van der Waals surface area contributed by atoms with E-state index in [1.807, 2.05) is 13.8 Å². The van der Waals surface area contributed by atoms with Crippen molar-refractivity contribution < 1.29 is 9.59 Å². The summed E-state index contributed by atoms with van der Waals surface area (Å²) in [6.07, 6.45) is 0. The number of rotatable bonds is 4. The number of Topliss-reactive ketones (excluding diaryl/α,β-unsaturated/α-hetero) is 1. The van der Waals surface area contributed by atoms with E-state index in [0.717, 1.165) is 3.79 Å². The Kier molecular flexibility index (Phi) is 4.47. The zero-order valence-corrected chi connectivity index (χ0v) is 10.9. The number of ketones is 1. The van der Waals surface area contributed by atoms with Crippen molar-refractivity contribution in [3.05, 3.63) is 20.8 Å². The summed E-state index contributed by atoms with van der Waals surface area (Å²) in [6, 6.07) is 3.40. The van der Waals surface area contributed by atoms with Crippen molar-refractivity contribution in [1.29, 1.82) is 0 Å². The molecule has 0 aliphatic carbocycles. The van der Waals surface area contributed by atoms with Crippen molar-refractivity contribution in [3.8, 4) is 0 Å². The van der Waals surface area contributed by atoms with Gasteiger partial charge in [-0.2, -0.15) is 0 Å². The maximum Gasteiger partial charge on any atom is 0.293 e. The van der Waals surface area contributed by atoms with E-state index < -0.39 is 11.7 Å². The highest BCUT2D eigenvalue weighted by Crippen LogP contribution is 2.22. The number of carbonyl (C=O) groups is 2. The molecule has 82 valence electrons. The topological polar surface area (TPSA) is 46.2 Å². The van der Waals surface area contributed by atoms with Crippen LogP contribution in [0.25, 0.3) is 0 Å². The van der Waals surface area contributed by atoms with Crippen molar-refractivity contribution >= 4 is 39.0 Å². The van der Waals surface area contributed by atoms with Gasteiger partial charge in [0.15, 0.2) is 0 Å². The molecule has 1 rings (SSSR count). The Morgan fingerprint density at radius 2 is 2.13 bits per heavy atom. The first-order valence-corrected chi connectivity index (χ1v) is 6.19. The molecule has 1 N–H and O–H groups in total. The molecule has 1 heterocycles. The van der Waals surface area contributed by atoms with Crippen LogP contribution < -0.4 is 5.32 Å². The third-order valence-corrected chi connectivity index (χ3v) is 3.30. The Hall–Kier alpha value is -0.680. The van der Waals surface area contributed by atoms with Gasteiger partial charge in [-0.05, 0) is 34.0 Å². The summed E-state index contributed by atoms with van der Waals surface area (Å²) in [7, 11) is 0. The Bertz CT molecular complexity index is 373. The average Bonchev–Trinajstić information content (AvgIpc) is 2.60. The Balaban J connectivity index is 2.57. The van der Waals surface area contributed by atoms with Crippen molar-refractivity contribution in [3.63, 3.8) is 0 Å². The van der Waals surface area contributed by atoms with Gasteiger partial charge in [-0.25, -0.2) is 0 Å². The largest absolute Gasteiger partial charge is 0.349 e. The highest BCUT2D eigenvalue weighted by Gasteiger charge is 2.17. The third kappa shape index (κ3) is 3.76. The molecular formula is C10H12BrNO2S. The summed E-state index contributed by atoms with van der Waals surface area (Å²) in [5.74, 6) is -0.652. The maximum atomic E-state index is 11.5. The molecular weight excluding hydrogens is 278 g/mol. The normalized spacial score (nSPS) is 10.4. The van der Waals surface area contributed by atoms with Crippen molar-refractivity contribution in [2.75, 3.05) is 6.54 Å². The van der Waals surface area contributed by atoms with Gasteiger partial charge in [0.2, 0.25) is 0 Å². The smallest absolute Gasteiger partial charge is 0.293 e. The van der Waals surface area contributed by atoms with Gasteiger partial charge in [0.1, 0.15) is 0 Å². The zero-order valence-electron chi connectivity index (χ0n) is 8.54. The van der Waals surface area contributed by atoms with Crippen LogP contribution in [-0.2, 0) is 4.79 Å². The minimum atomic E-state index is -0.530. The molecule has 0 unspecified atom stereocenters. The lowest BCUT2D eigenvalue weighted by Crippen LogP contribution is -2.33. The zero-order chi connectivity index (χ0) is 11.4. The maximum absolute atomic E-state index is 11.5. The quantitative estimate of drug-likeness (QED) is 0.684. The van der Waals surface area contributed by atoms with Crippen LogP contribution in [-0.4, -0.2) is 18.2 Å². The summed E-state index contributed by atoms with van der Waals surface area (Å²) in [4.78, 5) is 23.4. The van der Waals surface area contributed by atoms with Gasteiger partial charge in [-0.3, -0.25) is 9.59 Å². The van der Waals surface area contributed by atoms with Gasteiger partial charge < -0.3 is 5.32 Å². The van der Waals surface area contributed by atoms with Crippen LogP contribution >= 0.6 is 27.3 Å². The monoisotopic (exact) mass is 289 g/mol. The molecule has 0 spiro atoms. The molecule has 1 aromatic heterocycles. The number of hydrogen-bond donors (Lipinski definition) is 1. The van der Waals surface area contributed by atoms with Crippen molar-refractivity contribution in [2.24, 2.45) is 5.92 Å². The minimum Gasteiger partial charge on any atom is -0.349 e. The third-order valence-electron chi connectivity index (χ3n) is 1.67. The summed E-state index contributed by atoms with van der Waals surface area (Å²) >= 11 is 4.51. The lowest BCUT2D eigenvalue weighted by molar-refractivity contribution is -0.117. The molecule has 1 aromatic rings. The van der Waals surface area contributed by atoms with Crippen LogP contribution in [0.3, 0.4) is 0 Å². The second-order valence-electron chi connectivity index (χ2n) is 3.54. The van der Waals surface area contributed by atoms with E-state index in [1.165, 1.54) is 11.3 Å². The minimum absolute atomic E-state index is 0.344. The Morgan fingerprint density at radius 1 is 1.47 bits per heavy atom. The van der Waals surface area contributed by atoms with Crippen LogP contribution in [0.15, 0.2) is 15.9 Å². The van der Waals surface area contributed by atoms with Crippen LogP contribution in [0.5, 0.6) is 0 Å². The molecule has 0 saturated carbocycles. The first-order valence-electron chi connectivity index (χ1n) is 4.58. The fourth-order valence-corrected chi connectivity index (χ4v) is 2.25. The molecule has 1 amide bonds. The Labute approximate surface area is 101 Å². The number of nitrogens with one attached hydrogen (secondary N) is 1. The lowest BCUT2D eigenvalue weighted by Gasteiger charge is -2.05. The van der Waals surface area contributed by atoms with Gasteiger partial charge in [-0.1, -0.05) is 13.8 Å². The molecule has 0 fully saturated rings. The fraction of sp³-hybridized carbons (Fsp3) is 0.400. The summed E-state index contributed by atoms with van der Waals surface area (Å²) in [5.41, 5.74) is 0. The predicted octanol–water partition coefficient (Wildman–Crippen LogP) is 2.47. The van der Waals surface area contributed by atoms with Gasteiger partial charge in [0.25, 0.3) is 11.7 Å². The standard InChI is InChI=1S/C10H12BrNO2S/c1-6(2)5-12-10(14)9(13)7-3-4-8(11)15-7/h3-4,6H,5H2,1-2H3,(H,12,14). The van der Waals surface area contributed by atoms with Gasteiger partial charge in [-0.15, -0.1) is 11.3 Å². The molecule has 0 aliphatic heterocycles. The van der Waals surface area contributed by atoms with E-state index in [2.05, 4.69) is 21.2 Å². The highest BCUT2D eigenvalue weighted by molar-refractivity contribution is 9.11. The van der Waals surface area contributed by atoms with Crippen LogP contribution in [0.4, 0.5) is 0 Å². The number of carbonyl (C=O) groups excluding carboxylic acids is 2. The van der Waals surface area contributed by atoms with Crippen LogP contribution in [0.1, 0.15) is 23.5 Å². The Morgan fingerprint density at radius 3 is 2.60 bits per heavy atom. The number of thiophene rings is 1. The van der Waals surface area contributed by atoms with Crippen LogP contribution in [0, 0.1) is 5.92 Å². The van der Waals surface area contributed by atoms with Crippen LogP contribution in [0.2, 0.25) is 0 Å². The lowest BCUT2D eigenvalue weighted by atomic mass is 10.2. The summed E-state index contributed by atoms with van der Waals surface area (Å²) in [5, 5.41) is 2.59. The van der Waals surface area contributed by atoms with Gasteiger partial charge in [0.05, 0.1) is 8.66 Å². The highest BCUT2D eigenvalue weighted by atomic mass is 79.9. The number of hydrogen-bond acceptors (Lipinski definition) is 3. The second kappa shape index (κ2) is 5.42. The number of amides is 1. The summed E-state index contributed by atoms with van der Waals surface area (Å²) < 4.78 is 0.850. The first-order chi connectivity index (χ1) is 7.00. The summed E-state index contributed by atoms with van der Waals surface area (Å²) in [6.45, 7) is 4.48. The average molecular weight is 290 g/mol. The van der Waals surface area contributed by atoms with E-state index in [9.17, 15) is 9.59 Å². The van der Waals surface area contributed by atoms with Gasteiger partial charge in [0, 0.05) is 6.54 Å². The predicted molar refractivity (Wildman–Crippen MR) is 64.2 cm³/mol. The molecule has 0 aromatic carbocycles.